The molecule has 0 atom stereocenters. The summed E-state index contributed by atoms with van der Waals surface area (Å²) >= 11 is 6.11. The van der Waals surface area contributed by atoms with Crippen molar-refractivity contribution in [3.8, 4) is 11.3 Å². The molecule has 0 bridgehead atoms. The molecule has 7 nitrogen and oxygen atoms in total. The fourth-order valence-electron chi connectivity index (χ4n) is 3.56. The van der Waals surface area contributed by atoms with Crippen LogP contribution in [0.2, 0.25) is 5.28 Å². The molecule has 0 saturated carbocycles. The number of para-hydroxylation sites is 1. The van der Waals surface area contributed by atoms with E-state index >= 15 is 0 Å². The van der Waals surface area contributed by atoms with E-state index in [1.807, 2.05) is 54.6 Å². The highest BCUT2D eigenvalue weighted by Crippen LogP contribution is 2.26. The zero-order chi connectivity index (χ0) is 22.9. The van der Waals surface area contributed by atoms with E-state index in [1.54, 1.807) is 23.9 Å². The number of hydrogen-bond donors (Lipinski definition) is 1. The van der Waals surface area contributed by atoms with Crippen molar-refractivity contribution in [2.24, 2.45) is 7.05 Å². The monoisotopic (exact) mass is 460 g/mol. The van der Waals surface area contributed by atoms with Crippen LogP contribution < -0.4 is 10.9 Å². The quantitative estimate of drug-likeness (QED) is 0.302. The van der Waals surface area contributed by atoms with E-state index in [9.17, 15) is 9.18 Å². The average molecular weight is 461 g/mol. The summed E-state index contributed by atoms with van der Waals surface area (Å²) in [5.74, 6) is 0.000942. The van der Waals surface area contributed by atoms with Crippen molar-refractivity contribution in [3.63, 3.8) is 0 Å². The summed E-state index contributed by atoms with van der Waals surface area (Å²) in [7, 11) is 1.57. The van der Waals surface area contributed by atoms with Crippen molar-refractivity contribution in [1.82, 2.24) is 24.3 Å². The lowest BCUT2D eigenvalue weighted by Gasteiger charge is -2.11. The molecule has 0 radical (unpaired) electrons. The molecular formula is C24H18ClFN6O. The predicted octanol–water partition coefficient (Wildman–Crippen LogP) is 4.78. The Hall–Kier alpha value is -4.04. The highest BCUT2D eigenvalue weighted by atomic mass is 35.5. The van der Waals surface area contributed by atoms with E-state index in [2.05, 4.69) is 20.4 Å². The summed E-state index contributed by atoms with van der Waals surface area (Å²) in [6.07, 6.45) is 0. The molecule has 0 aliphatic carbocycles. The maximum absolute atomic E-state index is 13.5. The normalized spacial score (nSPS) is 11.1. The minimum absolute atomic E-state index is 0.0651. The molecule has 9 heteroatoms. The van der Waals surface area contributed by atoms with Gasteiger partial charge in [0.05, 0.1) is 12.2 Å². The number of fused-ring (bicyclic) bond motifs is 1. The summed E-state index contributed by atoms with van der Waals surface area (Å²) < 4.78 is 16.4. The second-order valence-corrected chi connectivity index (χ2v) is 7.82. The molecule has 164 valence electrons. The van der Waals surface area contributed by atoms with E-state index < -0.39 is 5.95 Å². The fraction of sp³-hybridized carbons (Fsp3) is 0.0833. The number of rotatable bonds is 5. The van der Waals surface area contributed by atoms with Gasteiger partial charge >= 0.3 is 0 Å². The number of pyridine rings is 1. The van der Waals surface area contributed by atoms with Crippen LogP contribution in [0.3, 0.4) is 0 Å². The molecule has 3 aromatic heterocycles. The Balaban J connectivity index is 1.55. The number of benzene rings is 2. The van der Waals surface area contributed by atoms with Gasteiger partial charge in [0.15, 0.2) is 5.65 Å². The molecule has 3 heterocycles. The topological polar surface area (TPSA) is 77.6 Å². The van der Waals surface area contributed by atoms with Crippen LogP contribution in [0.25, 0.3) is 22.3 Å². The maximum Gasteiger partial charge on any atom is 0.267 e. The van der Waals surface area contributed by atoms with Gasteiger partial charge in [-0.15, -0.1) is 5.10 Å². The molecule has 5 rings (SSSR count). The van der Waals surface area contributed by atoms with E-state index in [0.29, 0.717) is 23.4 Å². The first-order chi connectivity index (χ1) is 16.0. The van der Waals surface area contributed by atoms with E-state index in [0.717, 1.165) is 16.8 Å². The molecule has 0 saturated heterocycles. The lowest BCUT2D eigenvalue weighted by atomic mass is 10.1. The second-order valence-electron chi connectivity index (χ2n) is 7.48. The van der Waals surface area contributed by atoms with Crippen molar-refractivity contribution in [2.75, 3.05) is 5.32 Å². The minimum atomic E-state index is -0.524. The highest BCUT2D eigenvalue weighted by Gasteiger charge is 2.19. The van der Waals surface area contributed by atoms with Crippen LogP contribution in [0.15, 0.2) is 77.6 Å². The molecule has 0 unspecified atom stereocenters. The number of nitrogens with one attached hydrogen (secondary N) is 1. The molecule has 33 heavy (non-hydrogen) atoms. The van der Waals surface area contributed by atoms with Gasteiger partial charge in [-0.3, -0.25) is 9.36 Å². The molecule has 1 N–H and O–H groups in total. The third-order valence-electron chi connectivity index (χ3n) is 5.26. The predicted molar refractivity (Wildman–Crippen MR) is 126 cm³/mol. The Kier molecular flexibility index (Phi) is 5.35. The second kappa shape index (κ2) is 8.48. The van der Waals surface area contributed by atoms with Crippen LogP contribution in [0.5, 0.6) is 0 Å². The van der Waals surface area contributed by atoms with Crippen LogP contribution in [0.4, 0.5) is 15.9 Å². The Bertz CT molecular complexity index is 1510. The van der Waals surface area contributed by atoms with Crippen molar-refractivity contribution < 1.29 is 4.39 Å². The van der Waals surface area contributed by atoms with Crippen LogP contribution >= 0.6 is 11.6 Å². The maximum atomic E-state index is 13.5. The summed E-state index contributed by atoms with van der Waals surface area (Å²) in [5.41, 5.74) is 3.07. The molecular weight excluding hydrogens is 443 g/mol. The van der Waals surface area contributed by atoms with Crippen LogP contribution in [0, 0.1) is 5.95 Å². The van der Waals surface area contributed by atoms with Crippen LogP contribution in [-0.4, -0.2) is 24.3 Å². The number of hydrogen-bond acceptors (Lipinski definition) is 5. The number of halogens is 2. The molecule has 5 aromatic rings. The van der Waals surface area contributed by atoms with Crippen molar-refractivity contribution in [1.29, 1.82) is 0 Å². The molecule has 2 aromatic carbocycles. The molecule has 0 spiro atoms. The molecule has 0 fully saturated rings. The summed E-state index contributed by atoms with van der Waals surface area (Å²) in [5, 5.41) is 8.26. The first-order valence-electron chi connectivity index (χ1n) is 10.2. The van der Waals surface area contributed by atoms with Gasteiger partial charge < -0.3 is 5.32 Å². The number of aromatic nitrogens is 5. The summed E-state index contributed by atoms with van der Waals surface area (Å²) in [6.45, 7) is 0.378. The van der Waals surface area contributed by atoms with Gasteiger partial charge in [-0.1, -0.05) is 48.5 Å². The Morgan fingerprint density at radius 2 is 1.73 bits per heavy atom. The lowest BCUT2D eigenvalue weighted by molar-refractivity contribution is 0.585. The third kappa shape index (κ3) is 4.08. The third-order valence-corrected chi connectivity index (χ3v) is 5.60. The summed E-state index contributed by atoms with van der Waals surface area (Å²) in [6, 6.07) is 21.8. The average Bonchev–Trinajstić information content (AvgIpc) is 3.15. The Morgan fingerprint density at radius 3 is 2.45 bits per heavy atom. The van der Waals surface area contributed by atoms with Crippen LogP contribution in [-0.2, 0) is 13.6 Å². The Morgan fingerprint density at radius 1 is 0.970 bits per heavy atom. The number of anilines is 2. The number of nitrogens with zero attached hydrogens (tertiary/aromatic N) is 5. The minimum Gasteiger partial charge on any atom is -0.340 e. The van der Waals surface area contributed by atoms with Gasteiger partial charge in [0, 0.05) is 18.3 Å². The van der Waals surface area contributed by atoms with E-state index in [4.69, 9.17) is 11.6 Å². The highest BCUT2D eigenvalue weighted by molar-refractivity contribution is 6.28. The SMILES string of the molecule is Cn1c(Cl)nc2nn(Cc3ccc(-c4cccc(F)n4)cc3)c(Nc3ccccc3)c2c1=O. The van der Waals surface area contributed by atoms with Gasteiger partial charge in [-0.2, -0.15) is 9.37 Å². The first kappa shape index (κ1) is 20.8. The van der Waals surface area contributed by atoms with Crippen molar-refractivity contribution in [2.45, 2.75) is 6.54 Å². The van der Waals surface area contributed by atoms with Gasteiger partial charge in [0.25, 0.3) is 5.56 Å². The Labute approximate surface area is 193 Å². The summed E-state index contributed by atoms with van der Waals surface area (Å²) in [4.78, 5) is 21.2. The molecule has 0 amide bonds. The van der Waals surface area contributed by atoms with Crippen LogP contribution in [0.1, 0.15) is 5.56 Å². The molecule has 0 aliphatic heterocycles. The van der Waals surface area contributed by atoms with Gasteiger partial charge in [-0.05, 0) is 41.4 Å². The van der Waals surface area contributed by atoms with Crippen molar-refractivity contribution >= 4 is 34.1 Å². The zero-order valence-electron chi connectivity index (χ0n) is 17.5. The smallest absolute Gasteiger partial charge is 0.267 e. The lowest BCUT2D eigenvalue weighted by Crippen LogP contribution is -2.19. The van der Waals surface area contributed by atoms with Gasteiger partial charge in [0.1, 0.15) is 11.2 Å². The van der Waals surface area contributed by atoms with Gasteiger partial charge in [-0.25, -0.2) is 9.67 Å². The zero-order valence-corrected chi connectivity index (χ0v) is 18.3. The van der Waals surface area contributed by atoms with E-state index in [-0.39, 0.29) is 16.5 Å². The van der Waals surface area contributed by atoms with Gasteiger partial charge in [0.2, 0.25) is 11.2 Å². The largest absolute Gasteiger partial charge is 0.340 e. The standard InChI is InChI=1S/C24H18ClFN6O/c1-31-23(33)20-21(29-24(31)25)30-32(22(20)27-17-6-3-2-4-7-17)14-15-10-12-16(13-11-15)18-8-5-9-19(26)28-18/h2-13,27H,14H2,1H3. The van der Waals surface area contributed by atoms with E-state index in [1.165, 1.54) is 10.6 Å². The molecule has 0 aliphatic rings. The van der Waals surface area contributed by atoms with Crippen molar-refractivity contribution in [3.05, 3.63) is 99.9 Å². The first-order valence-corrected chi connectivity index (χ1v) is 10.5. The fourth-order valence-corrected chi connectivity index (χ4v) is 3.72.